The number of halogens is 1. The number of hydrogen-bond acceptors (Lipinski definition) is 2. The predicted molar refractivity (Wildman–Crippen MR) is 68.0 cm³/mol. The first-order valence-electron chi connectivity index (χ1n) is 6.76. The molecule has 1 aliphatic carbocycles. The molecular weight excluding hydrogens is 229 g/mol. The highest BCUT2D eigenvalue weighted by atomic mass is 19.1. The molecule has 1 aromatic carbocycles. The first-order valence-corrected chi connectivity index (χ1v) is 6.76. The van der Waals surface area contributed by atoms with Gasteiger partial charge in [-0.2, -0.15) is 0 Å². The third-order valence-corrected chi connectivity index (χ3v) is 4.32. The lowest BCUT2D eigenvalue weighted by atomic mass is 10.1. The number of carbonyl (C=O) groups excluding carboxylic acids is 1. The molecule has 0 N–H and O–H groups in total. The zero-order valence-electron chi connectivity index (χ0n) is 10.4. The highest BCUT2D eigenvalue weighted by molar-refractivity contribution is 5.96. The molecule has 1 aliphatic heterocycles. The molecule has 2 aliphatic rings. The fraction of sp³-hybridized carbons (Fsp3) is 0.533. The van der Waals surface area contributed by atoms with Gasteiger partial charge in [0, 0.05) is 25.6 Å². The Balaban J connectivity index is 1.57. The number of rotatable bonds is 4. The van der Waals surface area contributed by atoms with Crippen LogP contribution in [-0.2, 0) is 0 Å². The molecule has 0 spiro atoms. The Bertz CT molecular complexity index is 460. The van der Waals surface area contributed by atoms with E-state index in [4.69, 9.17) is 0 Å². The molecule has 0 aromatic heterocycles. The molecule has 0 amide bonds. The lowest BCUT2D eigenvalue weighted by molar-refractivity contribution is 0.0951. The van der Waals surface area contributed by atoms with Crippen molar-refractivity contribution in [2.45, 2.75) is 31.7 Å². The van der Waals surface area contributed by atoms with Crippen LogP contribution < -0.4 is 0 Å². The molecule has 18 heavy (non-hydrogen) atoms. The SMILES string of the molecule is O=C(CCN1CC2CCC1C2)c1ccccc1F. The van der Waals surface area contributed by atoms with Gasteiger partial charge < -0.3 is 0 Å². The van der Waals surface area contributed by atoms with E-state index in [2.05, 4.69) is 4.90 Å². The largest absolute Gasteiger partial charge is 0.300 e. The van der Waals surface area contributed by atoms with Gasteiger partial charge in [-0.3, -0.25) is 9.69 Å². The number of likely N-dealkylation sites (tertiary alicyclic amines) is 1. The van der Waals surface area contributed by atoms with E-state index in [9.17, 15) is 9.18 Å². The number of ketones is 1. The monoisotopic (exact) mass is 247 g/mol. The molecular formula is C15H18FNO. The third kappa shape index (κ3) is 2.19. The normalized spacial score (nSPS) is 26.7. The van der Waals surface area contributed by atoms with Crippen molar-refractivity contribution in [1.82, 2.24) is 4.90 Å². The third-order valence-electron chi connectivity index (χ3n) is 4.32. The molecule has 1 aromatic rings. The molecule has 1 heterocycles. The van der Waals surface area contributed by atoms with Gasteiger partial charge in [0.25, 0.3) is 0 Å². The average Bonchev–Trinajstić information content (AvgIpc) is 2.98. The number of hydrogen-bond donors (Lipinski definition) is 0. The summed E-state index contributed by atoms with van der Waals surface area (Å²) < 4.78 is 13.5. The van der Waals surface area contributed by atoms with Crippen molar-refractivity contribution >= 4 is 5.78 Å². The Morgan fingerprint density at radius 2 is 2.17 bits per heavy atom. The van der Waals surface area contributed by atoms with Crippen molar-refractivity contribution in [3.63, 3.8) is 0 Å². The summed E-state index contributed by atoms with van der Waals surface area (Å²) in [5, 5.41) is 0. The van der Waals surface area contributed by atoms with Gasteiger partial charge in [0.05, 0.1) is 5.56 Å². The molecule has 2 atom stereocenters. The standard InChI is InChI=1S/C15H18FNO/c16-14-4-2-1-3-13(14)15(18)7-8-17-10-11-5-6-12(17)9-11/h1-4,11-12H,5-10H2. The summed E-state index contributed by atoms with van der Waals surface area (Å²) >= 11 is 0. The van der Waals surface area contributed by atoms with Gasteiger partial charge in [-0.05, 0) is 37.3 Å². The number of nitrogens with zero attached hydrogens (tertiary/aromatic N) is 1. The van der Waals surface area contributed by atoms with E-state index < -0.39 is 5.82 Å². The molecule has 2 bridgehead atoms. The summed E-state index contributed by atoms with van der Waals surface area (Å²) in [7, 11) is 0. The van der Waals surface area contributed by atoms with Gasteiger partial charge in [0.15, 0.2) is 5.78 Å². The van der Waals surface area contributed by atoms with E-state index in [0.29, 0.717) is 12.5 Å². The summed E-state index contributed by atoms with van der Waals surface area (Å²) in [6.07, 6.45) is 4.36. The van der Waals surface area contributed by atoms with Crippen LogP contribution in [0.15, 0.2) is 24.3 Å². The smallest absolute Gasteiger partial charge is 0.167 e. The highest BCUT2D eigenvalue weighted by Gasteiger charge is 2.37. The molecule has 1 saturated heterocycles. The van der Waals surface area contributed by atoms with E-state index in [1.54, 1.807) is 18.2 Å². The van der Waals surface area contributed by atoms with Gasteiger partial charge in [-0.15, -0.1) is 0 Å². The van der Waals surface area contributed by atoms with E-state index >= 15 is 0 Å². The molecule has 1 saturated carbocycles. The summed E-state index contributed by atoms with van der Waals surface area (Å²) in [5.41, 5.74) is 0.238. The maximum absolute atomic E-state index is 13.5. The maximum Gasteiger partial charge on any atom is 0.167 e. The van der Waals surface area contributed by atoms with Crippen LogP contribution in [0.4, 0.5) is 4.39 Å². The van der Waals surface area contributed by atoms with E-state index in [1.807, 2.05) is 0 Å². The Kier molecular flexibility index (Phi) is 3.16. The van der Waals surface area contributed by atoms with Crippen LogP contribution in [0.25, 0.3) is 0 Å². The summed E-state index contributed by atoms with van der Waals surface area (Å²) in [5.74, 6) is 0.375. The number of carbonyl (C=O) groups is 1. The first kappa shape index (κ1) is 11.8. The summed E-state index contributed by atoms with van der Waals surface area (Å²) in [4.78, 5) is 14.4. The molecule has 3 rings (SSSR count). The van der Waals surface area contributed by atoms with Crippen LogP contribution in [0.5, 0.6) is 0 Å². The first-order chi connectivity index (χ1) is 8.74. The second-order valence-corrected chi connectivity index (χ2v) is 5.48. The van der Waals surface area contributed by atoms with E-state index in [1.165, 1.54) is 25.3 Å². The molecule has 3 heteroatoms. The lowest BCUT2D eigenvalue weighted by Crippen LogP contribution is -2.33. The number of piperidine rings is 1. The van der Waals surface area contributed by atoms with Crippen molar-refractivity contribution < 1.29 is 9.18 Å². The van der Waals surface area contributed by atoms with E-state index in [-0.39, 0.29) is 11.3 Å². The lowest BCUT2D eigenvalue weighted by Gasteiger charge is -2.26. The zero-order valence-corrected chi connectivity index (χ0v) is 10.4. The van der Waals surface area contributed by atoms with E-state index in [0.717, 1.165) is 19.0 Å². The van der Waals surface area contributed by atoms with Gasteiger partial charge in [0.2, 0.25) is 0 Å². The minimum absolute atomic E-state index is 0.0733. The number of benzene rings is 1. The van der Waals surface area contributed by atoms with Crippen LogP contribution in [-0.4, -0.2) is 29.8 Å². The fourth-order valence-electron chi connectivity index (χ4n) is 3.37. The summed E-state index contributed by atoms with van der Waals surface area (Å²) in [6.45, 7) is 1.92. The zero-order chi connectivity index (χ0) is 12.5. The minimum Gasteiger partial charge on any atom is -0.300 e. The molecule has 2 fully saturated rings. The molecule has 0 radical (unpaired) electrons. The van der Waals surface area contributed by atoms with Crippen LogP contribution in [0.2, 0.25) is 0 Å². The van der Waals surface area contributed by atoms with Crippen LogP contribution in [0.1, 0.15) is 36.0 Å². The Morgan fingerprint density at radius 3 is 2.83 bits per heavy atom. The van der Waals surface area contributed by atoms with Gasteiger partial charge >= 0.3 is 0 Å². The Hall–Kier alpha value is -1.22. The van der Waals surface area contributed by atoms with Crippen molar-refractivity contribution in [2.24, 2.45) is 5.92 Å². The van der Waals surface area contributed by atoms with Gasteiger partial charge in [-0.25, -0.2) is 4.39 Å². The Morgan fingerprint density at radius 1 is 1.33 bits per heavy atom. The topological polar surface area (TPSA) is 20.3 Å². The van der Waals surface area contributed by atoms with Crippen molar-refractivity contribution in [3.05, 3.63) is 35.6 Å². The predicted octanol–water partition coefficient (Wildman–Crippen LogP) is 2.88. The summed E-state index contributed by atoms with van der Waals surface area (Å²) in [6, 6.07) is 6.95. The number of Topliss-reactive ketones (excluding diaryl/α,β-unsaturated/α-hetero) is 1. The highest BCUT2D eigenvalue weighted by Crippen LogP contribution is 2.37. The van der Waals surface area contributed by atoms with Crippen molar-refractivity contribution in [1.29, 1.82) is 0 Å². The fourth-order valence-corrected chi connectivity index (χ4v) is 3.37. The molecule has 2 unspecified atom stereocenters. The maximum atomic E-state index is 13.5. The molecule has 96 valence electrons. The number of fused-ring (bicyclic) bond motifs is 2. The van der Waals surface area contributed by atoms with Crippen molar-refractivity contribution in [3.8, 4) is 0 Å². The Labute approximate surface area is 107 Å². The van der Waals surface area contributed by atoms with Crippen LogP contribution in [0.3, 0.4) is 0 Å². The van der Waals surface area contributed by atoms with Gasteiger partial charge in [-0.1, -0.05) is 12.1 Å². The van der Waals surface area contributed by atoms with Gasteiger partial charge in [0.1, 0.15) is 5.82 Å². The minimum atomic E-state index is -0.398. The van der Waals surface area contributed by atoms with Crippen LogP contribution in [0, 0.1) is 11.7 Å². The van der Waals surface area contributed by atoms with Crippen LogP contribution >= 0.6 is 0 Å². The second kappa shape index (κ2) is 4.81. The second-order valence-electron chi connectivity index (χ2n) is 5.48. The average molecular weight is 247 g/mol. The quantitative estimate of drug-likeness (QED) is 0.762. The van der Waals surface area contributed by atoms with Crippen molar-refractivity contribution in [2.75, 3.05) is 13.1 Å². The molecule has 2 nitrogen and oxygen atoms in total.